The Balaban J connectivity index is 2.12. The van der Waals surface area contributed by atoms with Gasteiger partial charge in [0.2, 0.25) is 0 Å². The van der Waals surface area contributed by atoms with Crippen LogP contribution in [0.1, 0.15) is 16.7 Å². The lowest BCUT2D eigenvalue weighted by Crippen LogP contribution is -2.17. The van der Waals surface area contributed by atoms with Crippen molar-refractivity contribution in [3.63, 3.8) is 0 Å². The highest BCUT2D eigenvalue weighted by Gasteiger charge is 2.07. The average Bonchev–Trinajstić information content (AvgIpc) is 2.42. The van der Waals surface area contributed by atoms with E-state index in [0.29, 0.717) is 0 Å². The van der Waals surface area contributed by atoms with Crippen molar-refractivity contribution in [1.29, 1.82) is 0 Å². The molecule has 0 spiro atoms. The minimum Gasteiger partial charge on any atom is -0.369 e. The van der Waals surface area contributed by atoms with Crippen LogP contribution in [0.2, 0.25) is 5.02 Å². The minimum absolute atomic E-state index is 0.798. The summed E-state index contributed by atoms with van der Waals surface area (Å²) in [6, 6.07) is 14.8. The van der Waals surface area contributed by atoms with Crippen LogP contribution in [-0.2, 0) is 13.1 Å². The maximum Gasteiger partial charge on any atom is 0.0642 e. The molecule has 2 nitrogen and oxygen atoms in total. The molecule has 2 aromatic carbocycles. The second-order valence-electron chi connectivity index (χ2n) is 5.16. The quantitative estimate of drug-likeness (QED) is 0.894. The molecule has 3 heteroatoms. The van der Waals surface area contributed by atoms with Crippen molar-refractivity contribution < 1.29 is 0 Å². The molecular formula is C17H21ClN2. The Morgan fingerprint density at radius 2 is 1.70 bits per heavy atom. The van der Waals surface area contributed by atoms with Crippen LogP contribution in [0, 0.1) is 6.92 Å². The van der Waals surface area contributed by atoms with Gasteiger partial charge in [0.15, 0.2) is 0 Å². The minimum atomic E-state index is 0.798. The van der Waals surface area contributed by atoms with Crippen LogP contribution in [0.15, 0.2) is 42.5 Å². The SMILES string of the molecule is CNCc1ccc(N(C)Cc2ccc(C)cc2)c(Cl)c1. The summed E-state index contributed by atoms with van der Waals surface area (Å²) in [6.45, 7) is 3.79. The van der Waals surface area contributed by atoms with Gasteiger partial charge < -0.3 is 10.2 Å². The molecule has 0 aliphatic heterocycles. The molecular weight excluding hydrogens is 268 g/mol. The fourth-order valence-corrected chi connectivity index (χ4v) is 2.57. The predicted octanol–water partition coefficient (Wildman–Crippen LogP) is 4.00. The Hall–Kier alpha value is -1.51. The second-order valence-corrected chi connectivity index (χ2v) is 5.56. The number of hydrogen-bond acceptors (Lipinski definition) is 2. The van der Waals surface area contributed by atoms with Crippen molar-refractivity contribution in [2.45, 2.75) is 20.0 Å². The van der Waals surface area contributed by atoms with E-state index >= 15 is 0 Å². The first-order valence-corrected chi connectivity index (χ1v) is 7.17. The van der Waals surface area contributed by atoms with E-state index in [1.54, 1.807) is 0 Å². The molecule has 0 amide bonds. The van der Waals surface area contributed by atoms with Crippen molar-refractivity contribution in [3.05, 3.63) is 64.2 Å². The smallest absolute Gasteiger partial charge is 0.0642 e. The molecule has 0 fully saturated rings. The molecule has 0 aliphatic rings. The van der Waals surface area contributed by atoms with Gasteiger partial charge >= 0.3 is 0 Å². The molecule has 0 saturated heterocycles. The summed E-state index contributed by atoms with van der Waals surface area (Å²) >= 11 is 6.38. The van der Waals surface area contributed by atoms with Gasteiger partial charge in [-0.2, -0.15) is 0 Å². The standard InChI is InChI=1S/C17H21ClN2/c1-13-4-6-14(7-5-13)12-20(3)17-9-8-15(11-19-2)10-16(17)18/h4-10,19H,11-12H2,1-3H3. The summed E-state index contributed by atoms with van der Waals surface area (Å²) in [5.74, 6) is 0. The van der Waals surface area contributed by atoms with Crippen LogP contribution in [0.4, 0.5) is 5.69 Å². The zero-order valence-electron chi connectivity index (χ0n) is 12.3. The number of nitrogens with one attached hydrogen (secondary N) is 1. The normalized spacial score (nSPS) is 10.6. The zero-order valence-corrected chi connectivity index (χ0v) is 13.0. The monoisotopic (exact) mass is 288 g/mol. The van der Waals surface area contributed by atoms with Crippen molar-refractivity contribution in [1.82, 2.24) is 5.32 Å². The Morgan fingerprint density at radius 1 is 1.05 bits per heavy atom. The highest BCUT2D eigenvalue weighted by atomic mass is 35.5. The number of benzene rings is 2. The first-order chi connectivity index (χ1) is 9.60. The Kier molecular flexibility index (Phi) is 5.05. The topological polar surface area (TPSA) is 15.3 Å². The maximum absolute atomic E-state index is 6.38. The highest BCUT2D eigenvalue weighted by Crippen LogP contribution is 2.27. The molecule has 0 saturated carbocycles. The highest BCUT2D eigenvalue weighted by molar-refractivity contribution is 6.33. The predicted molar refractivity (Wildman–Crippen MR) is 87.5 cm³/mol. The molecule has 0 atom stereocenters. The van der Waals surface area contributed by atoms with E-state index in [-0.39, 0.29) is 0 Å². The Bertz CT molecular complexity index is 564. The first kappa shape index (κ1) is 14.9. The average molecular weight is 289 g/mol. The van der Waals surface area contributed by atoms with Crippen molar-refractivity contribution in [3.8, 4) is 0 Å². The van der Waals surface area contributed by atoms with Gasteiger partial charge in [-0.1, -0.05) is 47.5 Å². The third kappa shape index (κ3) is 3.75. The zero-order chi connectivity index (χ0) is 14.5. The first-order valence-electron chi connectivity index (χ1n) is 6.80. The van der Waals surface area contributed by atoms with Gasteiger partial charge in [-0.05, 0) is 37.2 Å². The summed E-state index contributed by atoms with van der Waals surface area (Å²) < 4.78 is 0. The van der Waals surface area contributed by atoms with Gasteiger partial charge in [-0.25, -0.2) is 0 Å². The number of halogens is 1. The van der Waals surface area contributed by atoms with E-state index in [1.807, 2.05) is 13.1 Å². The lowest BCUT2D eigenvalue weighted by molar-refractivity contribution is 0.817. The fraction of sp³-hybridized carbons (Fsp3) is 0.294. The molecule has 0 heterocycles. The maximum atomic E-state index is 6.38. The van der Waals surface area contributed by atoms with Crippen LogP contribution in [0.25, 0.3) is 0 Å². The molecule has 0 bridgehead atoms. The van der Waals surface area contributed by atoms with Gasteiger partial charge in [-0.15, -0.1) is 0 Å². The van der Waals surface area contributed by atoms with E-state index in [0.717, 1.165) is 23.8 Å². The van der Waals surface area contributed by atoms with Crippen LogP contribution in [-0.4, -0.2) is 14.1 Å². The van der Waals surface area contributed by atoms with Gasteiger partial charge in [-0.3, -0.25) is 0 Å². The van der Waals surface area contributed by atoms with Gasteiger partial charge in [0.25, 0.3) is 0 Å². The Morgan fingerprint density at radius 3 is 2.30 bits per heavy atom. The van der Waals surface area contributed by atoms with Crippen molar-refractivity contribution in [2.24, 2.45) is 0 Å². The molecule has 0 aliphatic carbocycles. The Labute approximate surface area is 126 Å². The molecule has 0 unspecified atom stereocenters. The summed E-state index contributed by atoms with van der Waals surface area (Å²) in [6.07, 6.45) is 0. The number of nitrogens with zero attached hydrogens (tertiary/aromatic N) is 1. The summed E-state index contributed by atoms with van der Waals surface area (Å²) in [5.41, 5.74) is 4.83. The molecule has 0 radical (unpaired) electrons. The summed E-state index contributed by atoms with van der Waals surface area (Å²) in [5, 5.41) is 3.93. The molecule has 0 aromatic heterocycles. The molecule has 1 N–H and O–H groups in total. The largest absolute Gasteiger partial charge is 0.369 e. The van der Waals surface area contributed by atoms with Crippen molar-refractivity contribution in [2.75, 3.05) is 19.0 Å². The van der Waals surface area contributed by atoms with E-state index in [2.05, 4.69) is 60.6 Å². The summed E-state index contributed by atoms with van der Waals surface area (Å²) in [4.78, 5) is 2.18. The van der Waals surface area contributed by atoms with E-state index in [1.165, 1.54) is 16.7 Å². The van der Waals surface area contributed by atoms with Crippen molar-refractivity contribution >= 4 is 17.3 Å². The third-order valence-corrected chi connectivity index (χ3v) is 3.65. The third-order valence-electron chi connectivity index (χ3n) is 3.34. The molecule has 20 heavy (non-hydrogen) atoms. The molecule has 106 valence electrons. The number of hydrogen-bond donors (Lipinski definition) is 1. The lowest BCUT2D eigenvalue weighted by atomic mass is 10.1. The molecule has 2 aromatic rings. The van der Waals surface area contributed by atoms with E-state index in [9.17, 15) is 0 Å². The fourth-order valence-electron chi connectivity index (χ4n) is 2.23. The molecule has 2 rings (SSSR count). The number of rotatable bonds is 5. The van der Waals surface area contributed by atoms with Gasteiger partial charge in [0.05, 0.1) is 10.7 Å². The van der Waals surface area contributed by atoms with Crippen LogP contribution in [0.5, 0.6) is 0 Å². The van der Waals surface area contributed by atoms with E-state index in [4.69, 9.17) is 11.6 Å². The van der Waals surface area contributed by atoms with Crippen LogP contribution in [0.3, 0.4) is 0 Å². The summed E-state index contributed by atoms with van der Waals surface area (Å²) in [7, 11) is 4.00. The van der Waals surface area contributed by atoms with Crippen LogP contribution < -0.4 is 10.2 Å². The van der Waals surface area contributed by atoms with E-state index < -0.39 is 0 Å². The van der Waals surface area contributed by atoms with Gasteiger partial charge in [0.1, 0.15) is 0 Å². The second kappa shape index (κ2) is 6.78. The lowest BCUT2D eigenvalue weighted by Gasteiger charge is -2.21. The van der Waals surface area contributed by atoms with Gasteiger partial charge in [0, 0.05) is 20.1 Å². The number of aryl methyl sites for hydroxylation is 1. The van der Waals surface area contributed by atoms with Crippen LogP contribution >= 0.6 is 11.6 Å². The number of anilines is 1.